The van der Waals surface area contributed by atoms with Crippen LogP contribution in [-0.2, 0) is 9.53 Å². The van der Waals surface area contributed by atoms with Gasteiger partial charge >= 0.3 is 5.97 Å². The first-order chi connectivity index (χ1) is 11.4. The van der Waals surface area contributed by atoms with E-state index in [-0.39, 0.29) is 18.4 Å². The standard InChI is InChI=1S/C15H18N4O3S2/c1-8(2)22-13(21)12-9(3)17-14(24-12)18-11(20)6-10-7-23-15-16-4-5-19(10)15/h7-8H,4-6H2,1-3H3,(H,17,18,20). The predicted molar refractivity (Wildman–Crippen MR) is 95.3 cm³/mol. The second kappa shape index (κ2) is 6.94. The van der Waals surface area contributed by atoms with Crippen LogP contribution in [0.1, 0.15) is 35.6 Å². The van der Waals surface area contributed by atoms with Gasteiger partial charge in [-0.3, -0.25) is 9.79 Å². The van der Waals surface area contributed by atoms with E-state index in [0.717, 1.165) is 35.3 Å². The molecule has 3 heterocycles. The highest BCUT2D eigenvalue weighted by molar-refractivity contribution is 8.16. The fourth-order valence-electron chi connectivity index (χ4n) is 2.35. The Hall–Kier alpha value is -1.87. The van der Waals surface area contributed by atoms with Crippen molar-refractivity contribution < 1.29 is 14.3 Å². The number of hydrogen-bond acceptors (Lipinski definition) is 8. The molecule has 0 unspecified atom stereocenters. The number of nitrogens with zero attached hydrogens (tertiary/aromatic N) is 3. The van der Waals surface area contributed by atoms with E-state index in [0.29, 0.717) is 15.7 Å². The van der Waals surface area contributed by atoms with Gasteiger partial charge in [-0.2, -0.15) is 0 Å². The lowest BCUT2D eigenvalue weighted by atomic mass is 10.3. The molecular weight excluding hydrogens is 348 g/mol. The lowest BCUT2D eigenvalue weighted by Gasteiger charge is -2.15. The normalized spacial score (nSPS) is 16.1. The van der Waals surface area contributed by atoms with E-state index < -0.39 is 5.97 Å². The third-order valence-electron chi connectivity index (χ3n) is 3.36. The number of fused-ring (bicyclic) bond motifs is 1. The fraction of sp³-hybridized carbons (Fsp3) is 0.467. The highest BCUT2D eigenvalue weighted by Crippen LogP contribution is 2.31. The van der Waals surface area contributed by atoms with Crippen LogP contribution in [0.3, 0.4) is 0 Å². The summed E-state index contributed by atoms with van der Waals surface area (Å²) in [6.07, 6.45) is 0.0660. The number of amides is 1. The molecule has 1 N–H and O–H groups in total. The van der Waals surface area contributed by atoms with Gasteiger partial charge in [-0.05, 0) is 26.2 Å². The van der Waals surface area contributed by atoms with Gasteiger partial charge in [-0.15, -0.1) is 0 Å². The quantitative estimate of drug-likeness (QED) is 0.807. The third-order valence-corrected chi connectivity index (χ3v) is 5.36. The zero-order valence-electron chi connectivity index (χ0n) is 13.7. The van der Waals surface area contributed by atoms with Crippen molar-refractivity contribution in [1.82, 2.24) is 9.88 Å². The largest absolute Gasteiger partial charge is 0.459 e. The van der Waals surface area contributed by atoms with Crippen LogP contribution in [0.4, 0.5) is 5.13 Å². The Kier molecular flexibility index (Phi) is 4.91. The van der Waals surface area contributed by atoms with Crippen molar-refractivity contribution in [2.45, 2.75) is 33.3 Å². The van der Waals surface area contributed by atoms with Crippen LogP contribution >= 0.6 is 23.1 Å². The molecule has 2 aliphatic heterocycles. The van der Waals surface area contributed by atoms with Gasteiger partial charge in [0.05, 0.1) is 24.8 Å². The van der Waals surface area contributed by atoms with Crippen LogP contribution < -0.4 is 5.32 Å². The molecule has 0 saturated heterocycles. The molecule has 0 saturated carbocycles. The number of carbonyl (C=O) groups excluding carboxylic acids is 2. The fourth-order valence-corrected chi connectivity index (χ4v) is 4.17. The first-order valence-corrected chi connectivity index (χ1v) is 9.29. The molecule has 7 nitrogen and oxygen atoms in total. The molecule has 0 aromatic carbocycles. The zero-order chi connectivity index (χ0) is 17.3. The number of aryl methyl sites for hydroxylation is 1. The molecule has 3 rings (SSSR count). The average Bonchev–Trinajstić information content (AvgIpc) is 3.16. The zero-order valence-corrected chi connectivity index (χ0v) is 15.3. The minimum atomic E-state index is -0.409. The van der Waals surface area contributed by atoms with Crippen molar-refractivity contribution in [3.63, 3.8) is 0 Å². The first-order valence-electron chi connectivity index (χ1n) is 7.60. The van der Waals surface area contributed by atoms with E-state index in [4.69, 9.17) is 4.74 Å². The predicted octanol–water partition coefficient (Wildman–Crippen LogP) is 2.61. The average molecular weight is 366 g/mol. The minimum absolute atomic E-state index is 0.160. The number of carbonyl (C=O) groups is 2. The summed E-state index contributed by atoms with van der Waals surface area (Å²) in [5, 5.41) is 6.09. The molecule has 0 radical (unpaired) electrons. The molecule has 1 aromatic heterocycles. The van der Waals surface area contributed by atoms with Crippen LogP contribution in [0.25, 0.3) is 0 Å². The van der Waals surface area contributed by atoms with E-state index in [2.05, 4.69) is 20.2 Å². The highest BCUT2D eigenvalue weighted by Gasteiger charge is 2.27. The summed E-state index contributed by atoms with van der Waals surface area (Å²) in [5.74, 6) is -0.569. The smallest absolute Gasteiger partial charge is 0.350 e. The Bertz CT molecular complexity index is 739. The molecule has 1 aromatic rings. The van der Waals surface area contributed by atoms with Crippen molar-refractivity contribution in [2.75, 3.05) is 18.4 Å². The summed E-state index contributed by atoms with van der Waals surface area (Å²) in [4.78, 5) is 35.3. The monoisotopic (exact) mass is 366 g/mol. The van der Waals surface area contributed by atoms with Crippen LogP contribution in [0, 0.1) is 6.92 Å². The number of esters is 1. The number of ether oxygens (including phenoxy) is 1. The topological polar surface area (TPSA) is 83.9 Å². The molecule has 9 heteroatoms. The summed E-state index contributed by atoms with van der Waals surface area (Å²) in [6.45, 7) is 6.91. The number of hydrogen-bond donors (Lipinski definition) is 1. The van der Waals surface area contributed by atoms with Crippen molar-refractivity contribution in [3.8, 4) is 0 Å². The van der Waals surface area contributed by atoms with Crippen molar-refractivity contribution in [2.24, 2.45) is 4.99 Å². The Balaban J connectivity index is 1.61. The lowest BCUT2D eigenvalue weighted by Crippen LogP contribution is -2.24. The summed E-state index contributed by atoms with van der Waals surface area (Å²) in [7, 11) is 0. The SMILES string of the molecule is Cc1nc(NC(=O)CC2=CSC3=NCCN23)sc1C(=O)OC(C)C. The number of anilines is 1. The maximum atomic E-state index is 12.2. The van der Waals surface area contributed by atoms with Crippen molar-refractivity contribution >= 4 is 45.3 Å². The minimum Gasteiger partial charge on any atom is -0.459 e. The van der Waals surface area contributed by atoms with Gasteiger partial charge < -0.3 is 15.0 Å². The lowest BCUT2D eigenvalue weighted by molar-refractivity contribution is -0.115. The molecule has 1 amide bonds. The van der Waals surface area contributed by atoms with Gasteiger partial charge in [-0.1, -0.05) is 23.1 Å². The van der Waals surface area contributed by atoms with Gasteiger partial charge in [-0.25, -0.2) is 9.78 Å². The Morgan fingerprint density at radius 1 is 1.46 bits per heavy atom. The Morgan fingerprint density at radius 2 is 2.25 bits per heavy atom. The van der Waals surface area contributed by atoms with Crippen LogP contribution in [0.15, 0.2) is 16.1 Å². The molecule has 24 heavy (non-hydrogen) atoms. The van der Waals surface area contributed by atoms with Crippen molar-refractivity contribution in [3.05, 3.63) is 21.7 Å². The third kappa shape index (κ3) is 3.62. The molecule has 0 spiro atoms. The summed E-state index contributed by atoms with van der Waals surface area (Å²) in [5.41, 5.74) is 1.51. The Morgan fingerprint density at radius 3 is 3.00 bits per heavy atom. The molecule has 2 aliphatic rings. The molecule has 0 bridgehead atoms. The van der Waals surface area contributed by atoms with Gasteiger partial charge in [0.1, 0.15) is 4.88 Å². The van der Waals surface area contributed by atoms with Gasteiger partial charge in [0.2, 0.25) is 5.91 Å². The molecule has 0 aliphatic carbocycles. The van der Waals surface area contributed by atoms with Gasteiger partial charge in [0.15, 0.2) is 10.3 Å². The maximum Gasteiger partial charge on any atom is 0.350 e. The van der Waals surface area contributed by atoms with Crippen LogP contribution in [0.2, 0.25) is 0 Å². The molecule has 0 fully saturated rings. The van der Waals surface area contributed by atoms with E-state index in [1.807, 2.05) is 5.41 Å². The van der Waals surface area contributed by atoms with E-state index in [1.54, 1.807) is 32.5 Å². The number of nitrogens with one attached hydrogen (secondary N) is 1. The van der Waals surface area contributed by atoms with Gasteiger partial charge in [0.25, 0.3) is 0 Å². The highest BCUT2D eigenvalue weighted by atomic mass is 32.2. The molecule has 128 valence electrons. The second-order valence-electron chi connectivity index (χ2n) is 5.66. The molecule has 0 atom stereocenters. The molecular formula is C15H18N4O3S2. The number of thioether (sulfide) groups is 1. The first kappa shape index (κ1) is 17.0. The van der Waals surface area contributed by atoms with E-state index >= 15 is 0 Å². The number of thiazole rings is 1. The van der Waals surface area contributed by atoms with E-state index in [1.165, 1.54) is 0 Å². The second-order valence-corrected chi connectivity index (χ2v) is 7.49. The summed E-state index contributed by atoms with van der Waals surface area (Å²) < 4.78 is 5.18. The number of rotatable bonds is 5. The number of aromatic nitrogens is 1. The van der Waals surface area contributed by atoms with Gasteiger partial charge in [0, 0.05) is 12.2 Å². The van der Waals surface area contributed by atoms with Crippen LogP contribution in [0.5, 0.6) is 0 Å². The number of amidine groups is 1. The number of aliphatic imine (C=N–C) groups is 1. The van der Waals surface area contributed by atoms with E-state index in [9.17, 15) is 9.59 Å². The summed E-state index contributed by atoms with van der Waals surface area (Å²) >= 11 is 2.68. The maximum absolute atomic E-state index is 12.2. The van der Waals surface area contributed by atoms with Crippen LogP contribution in [-0.4, -0.2) is 46.1 Å². The Labute approximate surface area is 148 Å². The summed E-state index contributed by atoms with van der Waals surface area (Å²) in [6, 6.07) is 0. The van der Waals surface area contributed by atoms with Crippen molar-refractivity contribution in [1.29, 1.82) is 0 Å².